The number of carbonyl (C=O) groups is 1. The molecular formula is C26H28ClN3O3. The van der Waals surface area contributed by atoms with Gasteiger partial charge in [-0.2, -0.15) is 5.10 Å². The topological polar surface area (TPSA) is 77.2 Å². The Morgan fingerprint density at radius 1 is 1.30 bits per heavy atom. The van der Waals surface area contributed by atoms with E-state index in [1.54, 1.807) is 16.8 Å². The molecule has 0 radical (unpaired) electrons. The zero-order valence-electron chi connectivity index (χ0n) is 18.9. The molecule has 6 nitrogen and oxygen atoms in total. The summed E-state index contributed by atoms with van der Waals surface area (Å²) < 4.78 is 7.18. The first-order chi connectivity index (χ1) is 15.9. The van der Waals surface area contributed by atoms with Crippen molar-refractivity contribution in [2.75, 3.05) is 13.2 Å². The third-order valence-electron chi connectivity index (χ3n) is 5.89. The molecule has 2 atom stereocenters. The standard InChI is InChI=1S/C26H28ClN3O3/c1-17-26(27)21(14-18-6-8-19(9-7-18)22-10-12-30(2)29-22)15-23(28-17)25(32)5-3-4-20-16-33-13-11-24(20)31/h3-4,6-10,12,15,20,24,31H,5,11,13-14,16H2,1-2H3/b4-3+/t20?,24-/m0/s1. The fraction of sp³-hybridized carbons (Fsp3) is 0.346. The van der Waals surface area contributed by atoms with E-state index in [1.165, 1.54) is 0 Å². The summed E-state index contributed by atoms with van der Waals surface area (Å²) in [5, 5.41) is 15.0. The van der Waals surface area contributed by atoms with Crippen molar-refractivity contribution in [2.24, 2.45) is 13.0 Å². The first kappa shape index (κ1) is 23.4. The monoisotopic (exact) mass is 465 g/mol. The summed E-state index contributed by atoms with van der Waals surface area (Å²) in [6.45, 7) is 2.87. The van der Waals surface area contributed by atoms with Crippen molar-refractivity contribution in [1.82, 2.24) is 14.8 Å². The Morgan fingerprint density at radius 2 is 2.09 bits per heavy atom. The lowest BCUT2D eigenvalue weighted by Crippen LogP contribution is -2.30. The zero-order valence-corrected chi connectivity index (χ0v) is 19.6. The number of ether oxygens (including phenoxy) is 1. The lowest BCUT2D eigenvalue weighted by molar-refractivity contribution is -0.0177. The molecule has 0 bridgehead atoms. The van der Waals surface area contributed by atoms with Gasteiger partial charge in [0.25, 0.3) is 0 Å². The first-order valence-electron chi connectivity index (χ1n) is 11.1. The maximum absolute atomic E-state index is 12.8. The molecule has 2 aromatic heterocycles. The summed E-state index contributed by atoms with van der Waals surface area (Å²) in [7, 11) is 1.90. The van der Waals surface area contributed by atoms with Crippen LogP contribution in [0.2, 0.25) is 5.02 Å². The first-order valence-corrected chi connectivity index (χ1v) is 11.5. The molecule has 3 heterocycles. The number of Topliss-reactive ketones (excluding diaryl/α,β-unsaturated/α-hetero) is 1. The van der Waals surface area contributed by atoms with Gasteiger partial charge in [0.1, 0.15) is 5.69 Å². The van der Waals surface area contributed by atoms with Crippen molar-refractivity contribution in [3.8, 4) is 11.3 Å². The number of rotatable bonds is 7. The molecule has 33 heavy (non-hydrogen) atoms. The third kappa shape index (κ3) is 5.77. The van der Waals surface area contributed by atoms with Gasteiger partial charge in [-0.1, -0.05) is 48.0 Å². The Hall–Kier alpha value is -2.80. The Kier molecular flexibility index (Phi) is 7.38. The molecule has 1 saturated heterocycles. The molecule has 0 aliphatic carbocycles. The number of benzene rings is 1. The van der Waals surface area contributed by atoms with Gasteiger partial charge >= 0.3 is 0 Å². The highest BCUT2D eigenvalue weighted by Crippen LogP contribution is 2.25. The van der Waals surface area contributed by atoms with Crippen molar-refractivity contribution >= 4 is 17.4 Å². The molecule has 1 fully saturated rings. The zero-order chi connectivity index (χ0) is 23.4. The second-order valence-electron chi connectivity index (χ2n) is 8.46. The number of aliphatic hydroxyl groups excluding tert-OH is 1. The Bertz CT molecular complexity index is 1150. The molecular weight excluding hydrogens is 438 g/mol. The predicted molar refractivity (Wildman–Crippen MR) is 128 cm³/mol. The summed E-state index contributed by atoms with van der Waals surface area (Å²) >= 11 is 6.53. The molecule has 3 aromatic rings. The van der Waals surface area contributed by atoms with Crippen molar-refractivity contribution < 1.29 is 14.6 Å². The SMILES string of the molecule is Cc1nc(C(=O)C/C=C/C2COCC[C@@H]2O)cc(Cc2ccc(-c3ccn(C)n3)cc2)c1Cl. The fourth-order valence-corrected chi connectivity index (χ4v) is 4.13. The van der Waals surface area contributed by atoms with E-state index in [2.05, 4.69) is 22.2 Å². The number of nitrogens with zero attached hydrogens (tertiary/aromatic N) is 3. The normalized spacial score (nSPS) is 18.7. The maximum Gasteiger partial charge on any atom is 0.184 e. The van der Waals surface area contributed by atoms with Crippen LogP contribution >= 0.6 is 11.6 Å². The summed E-state index contributed by atoms with van der Waals surface area (Å²) in [6, 6.07) is 12.0. The number of halogens is 1. The summed E-state index contributed by atoms with van der Waals surface area (Å²) in [6.07, 6.45) is 6.61. The van der Waals surface area contributed by atoms with Gasteiger partial charge in [-0.25, -0.2) is 4.98 Å². The van der Waals surface area contributed by atoms with Gasteiger partial charge in [0.15, 0.2) is 5.78 Å². The maximum atomic E-state index is 12.8. The number of aromatic nitrogens is 3. The molecule has 7 heteroatoms. The average Bonchev–Trinajstić information content (AvgIpc) is 3.24. The molecule has 1 aromatic carbocycles. The van der Waals surface area contributed by atoms with E-state index in [1.807, 2.05) is 44.4 Å². The molecule has 0 spiro atoms. The van der Waals surface area contributed by atoms with Gasteiger partial charge < -0.3 is 9.84 Å². The second kappa shape index (κ2) is 10.4. The molecule has 1 N–H and O–H groups in total. The number of carbonyl (C=O) groups excluding carboxylic acids is 1. The van der Waals surface area contributed by atoms with Crippen LogP contribution < -0.4 is 0 Å². The number of hydrogen-bond donors (Lipinski definition) is 1. The highest BCUT2D eigenvalue weighted by atomic mass is 35.5. The van der Waals surface area contributed by atoms with Crippen LogP contribution in [-0.2, 0) is 18.2 Å². The number of aliphatic hydroxyl groups is 1. The van der Waals surface area contributed by atoms with Crippen LogP contribution in [0.1, 0.15) is 40.2 Å². The quantitative estimate of drug-likeness (QED) is 0.409. The van der Waals surface area contributed by atoms with E-state index in [-0.39, 0.29) is 18.1 Å². The smallest absolute Gasteiger partial charge is 0.184 e. The highest BCUT2D eigenvalue weighted by molar-refractivity contribution is 6.32. The van der Waals surface area contributed by atoms with E-state index in [0.717, 1.165) is 22.4 Å². The van der Waals surface area contributed by atoms with Crippen LogP contribution in [0.3, 0.4) is 0 Å². The number of allylic oxidation sites excluding steroid dienone is 1. The van der Waals surface area contributed by atoms with E-state index >= 15 is 0 Å². The third-order valence-corrected chi connectivity index (χ3v) is 6.41. The lowest BCUT2D eigenvalue weighted by atomic mass is 9.97. The van der Waals surface area contributed by atoms with Crippen LogP contribution in [0.5, 0.6) is 0 Å². The molecule has 4 rings (SSSR count). The Balaban J connectivity index is 1.45. The van der Waals surface area contributed by atoms with Crippen LogP contribution in [0, 0.1) is 12.8 Å². The molecule has 0 amide bonds. The van der Waals surface area contributed by atoms with Gasteiger partial charge in [-0.05, 0) is 43.0 Å². The number of aryl methyl sites for hydroxylation is 2. The van der Waals surface area contributed by atoms with Gasteiger partial charge in [-0.3, -0.25) is 9.48 Å². The number of pyridine rings is 1. The van der Waals surface area contributed by atoms with Gasteiger partial charge in [0.05, 0.1) is 29.1 Å². The average molecular weight is 466 g/mol. The van der Waals surface area contributed by atoms with Crippen molar-refractivity contribution in [2.45, 2.75) is 32.3 Å². The summed E-state index contributed by atoms with van der Waals surface area (Å²) in [5.41, 5.74) is 4.98. The predicted octanol–water partition coefficient (Wildman–Crippen LogP) is 4.56. The molecule has 1 aliphatic rings. The molecule has 172 valence electrons. The van der Waals surface area contributed by atoms with Crippen molar-refractivity contribution in [1.29, 1.82) is 0 Å². The van der Waals surface area contributed by atoms with Gasteiger partial charge in [0, 0.05) is 37.8 Å². The van der Waals surface area contributed by atoms with E-state index in [0.29, 0.717) is 42.5 Å². The number of ketones is 1. The number of hydrogen-bond acceptors (Lipinski definition) is 5. The minimum Gasteiger partial charge on any atom is -0.392 e. The van der Waals surface area contributed by atoms with E-state index < -0.39 is 6.10 Å². The minimum atomic E-state index is -0.420. The molecule has 1 aliphatic heterocycles. The fourth-order valence-electron chi connectivity index (χ4n) is 3.96. The van der Waals surface area contributed by atoms with Crippen LogP contribution in [0.4, 0.5) is 0 Å². The highest BCUT2D eigenvalue weighted by Gasteiger charge is 2.21. The van der Waals surface area contributed by atoms with E-state index in [9.17, 15) is 9.90 Å². The van der Waals surface area contributed by atoms with Crippen molar-refractivity contribution in [3.63, 3.8) is 0 Å². The summed E-state index contributed by atoms with van der Waals surface area (Å²) in [4.78, 5) is 17.2. The lowest BCUT2D eigenvalue weighted by Gasteiger charge is -2.25. The van der Waals surface area contributed by atoms with Crippen LogP contribution in [0.25, 0.3) is 11.3 Å². The largest absolute Gasteiger partial charge is 0.392 e. The van der Waals surface area contributed by atoms with Crippen molar-refractivity contribution in [3.05, 3.63) is 82.3 Å². The van der Waals surface area contributed by atoms with E-state index in [4.69, 9.17) is 16.3 Å². The van der Waals surface area contributed by atoms with Gasteiger partial charge in [0.2, 0.25) is 0 Å². The summed E-state index contributed by atoms with van der Waals surface area (Å²) in [5.74, 6) is -0.153. The molecule has 0 saturated carbocycles. The Labute approximate surface area is 198 Å². The minimum absolute atomic E-state index is 0.0731. The van der Waals surface area contributed by atoms with Crippen LogP contribution in [0.15, 0.2) is 54.7 Å². The second-order valence-corrected chi connectivity index (χ2v) is 8.84. The van der Waals surface area contributed by atoms with Gasteiger partial charge in [-0.15, -0.1) is 0 Å². The van der Waals surface area contributed by atoms with Crippen LogP contribution in [-0.4, -0.2) is 45.0 Å². The Morgan fingerprint density at radius 3 is 2.79 bits per heavy atom. The molecule has 1 unspecified atom stereocenters.